The molecule has 1 atom stereocenters. The van der Waals surface area contributed by atoms with Gasteiger partial charge < -0.3 is 10.0 Å². The van der Waals surface area contributed by atoms with Crippen molar-refractivity contribution in [2.24, 2.45) is 11.3 Å². The first-order valence-electron chi connectivity index (χ1n) is 7.90. The van der Waals surface area contributed by atoms with Crippen LogP contribution in [0, 0.1) is 17.2 Å². The van der Waals surface area contributed by atoms with Gasteiger partial charge >= 0.3 is 5.97 Å². The smallest absolute Gasteiger partial charge is 0.311 e. The van der Waals surface area contributed by atoms with Gasteiger partial charge in [-0.3, -0.25) is 9.59 Å². The van der Waals surface area contributed by atoms with Gasteiger partial charge in [0, 0.05) is 13.1 Å². The van der Waals surface area contributed by atoms with Crippen molar-refractivity contribution in [2.75, 3.05) is 13.1 Å². The Labute approximate surface area is 136 Å². The standard InChI is InChI=1S/C18H24FNO3/c1-12(2)18(16(22)23)8-9-20(11-18)15(21)17(3,4)13-6-5-7-14(19)10-13/h5-7,10,12H,8-9,11H2,1-4H3,(H,22,23). The molecule has 0 bridgehead atoms. The van der Waals surface area contributed by atoms with Crippen molar-refractivity contribution in [1.29, 1.82) is 0 Å². The van der Waals surface area contributed by atoms with Gasteiger partial charge in [0.15, 0.2) is 0 Å². The number of carboxylic acids is 1. The number of hydrogen-bond donors (Lipinski definition) is 1. The minimum absolute atomic E-state index is 0.0601. The summed E-state index contributed by atoms with van der Waals surface area (Å²) in [4.78, 5) is 26.2. The van der Waals surface area contributed by atoms with Crippen LogP contribution >= 0.6 is 0 Å². The molecule has 5 heteroatoms. The minimum atomic E-state index is -0.895. The van der Waals surface area contributed by atoms with Gasteiger partial charge in [-0.2, -0.15) is 0 Å². The third-order valence-electron chi connectivity index (χ3n) is 5.20. The van der Waals surface area contributed by atoms with E-state index in [4.69, 9.17) is 0 Å². The van der Waals surface area contributed by atoms with Crippen LogP contribution in [0.25, 0.3) is 0 Å². The molecular formula is C18H24FNO3. The van der Waals surface area contributed by atoms with Crippen LogP contribution in [0.4, 0.5) is 4.39 Å². The fourth-order valence-corrected chi connectivity index (χ4v) is 3.30. The van der Waals surface area contributed by atoms with Gasteiger partial charge in [-0.15, -0.1) is 0 Å². The van der Waals surface area contributed by atoms with E-state index in [9.17, 15) is 19.1 Å². The van der Waals surface area contributed by atoms with Gasteiger partial charge in [0.2, 0.25) is 5.91 Å². The molecule has 2 rings (SSSR count). The van der Waals surface area contributed by atoms with E-state index in [0.29, 0.717) is 18.5 Å². The molecule has 0 aliphatic carbocycles. The SMILES string of the molecule is CC(C)C1(C(=O)O)CCN(C(=O)C(C)(C)c2cccc(F)c2)C1. The second-order valence-electron chi connectivity index (χ2n) is 7.23. The van der Waals surface area contributed by atoms with Crippen LogP contribution in [0.5, 0.6) is 0 Å². The number of aliphatic carboxylic acids is 1. The summed E-state index contributed by atoms with van der Waals surface area (Å²) in [5.41, 5.74) is -1.19. The lowest BCUT2D eigenvalue weighted by Crippen LogP contribution is -2.45. The van der Waals surface area contributed by atoms with Gasteiger partial charge in [-0.1, -0.05) is 26.0 Å². The maximum atomic E-state index is 13.5. The highest BCUT2D eigenvalue weighted by Crippen LogP contribution is 2.40. The van der Waals surface area contributed by atoms with Crippen LogP contribution in [0.2, 0.25) is 0 Å². The van der Waals surface area contributed by atoms with E-state index in [2.05, 4.69) is 0 Å². The molecule has 1 unspecified atom stereocenters. The first-order chi connectivity index (χ1) is 10.6. The van der Waals surface area contributed by atoms with Crippen LogP contribution in [0.15, 0.2) is 24.3 Å². The van der Waals surface area contributed by atoms with Crippen LogP contribution < -0.4 is 0 Å². The van der Waals surface area contributed by atoms with Crippen molar-refractivity contribution in [2.45, 2.75) is 39.5 Å². The molecule has 1 aromatic rings. The molecule has 0 radical (unpaired) electrons. The Morgan fingerprint density at radius 3 is 2.48 bits per heavy atom. The van der Waals surface area contributed by atoms with Gasteiger partial charge in [0.1, 0.15) is 5.82 Å². The quantitative estimate of drug-likeness (QED) is 0.927. The Morgan fingerprint density at radius 2 is 2.00 bits per heavy atom. The molecule has 1 N–H and O–H groups in total. The number of hydrogen-bond acceptors (Lipinski definition) is 2. The van der Waals surface area contributed by atoms with Gasteiger partial charge in [0.05, 0.1) is 10.8 Å². The van der Waals surface area contributed by atoms with Crippen LogP contribution in [-0.4, -0.2) is 35.0 Å². The van der Waals surface area contributed by atoms with Gasteiger partial charge in [-0.25, -0.2) is 4.39 Å². The Hall–Kier alpha value is -1.91. The van der Waals surface area contributed by atoms with E-state index in [0.717, 1.165) is 0 Å². The summed E-state index contributed by atoms with van der Waals surface area (Å²) in [6, 6.07) is 6.01. The number of nitrogens with zero attached hydrogens (tertiary/aromatic N) is 1. The van der Waals surface area contributed by atoms with E-state index in [-0.39, 0.29) is 24.2 Å². The zero-order chi connectivity index (χ0) is 17.4. The first-order valence-corrected chi connectivity index (χ1v) is 7.90. The highest BCUT2D eigenvalue weighted by atomic mass is 19.1. The second kappa shape index (κ2) is 5.95. The second-order valence-corrected chi connectivity index (χ2v) is 7.23. The lowest BCUT2D eigenvalue weighted by atomic mass is 9.76. The Kier molecular flexibility index (Phi) is 4.51. The van der Waals surface area contributed by atoms with E-state index < -0.39 is 16.8 Å². The fourth-order valence-electron chi connectivity index (χ4n) is 3.30. The van der Waals surface area contributed by atoms with Crippen LogP contribution in [0.3, 0.4) is 0 Å². The highest BCUT2D eigenvalue weighted by molar-refractivity contribution is 5.89. The monoisotopic (exact) mass is 321 g/mol. The molecule has 1 fully saturated rings. The lowest BCUT2D eigenvalue weighted by molar-refractivity contribution is -0.151. The summed E-state index contributed by atoms with van der Waals surface area (Å²) in [7, 11) is 0. The van der Waals surface area contributed by atoms with Crippen molar-refractivity contribution in [1.82, 2.24) is 4.90 Å². The number of benzene rings is 1. The zero-order valence-electron chi connectivity index (χ0n) is 14.1. The molecule has 1 aliphatic rings. The van der Waals surface area contributed by atoms with Gasteiger partial charge in [-0.05, 0) is 43.9 Å². The first kappa shape index (κ1) is 17.4. The summed E-state index contributed by atoms with van der Waals surface area (Å²) in [6.45, 7) is 7.87. The molecule has 1 amide bonds. The molecule has 0 saturated carbocycles. The normalized spacial score (nSPS) is 21.7. The van der Waals surface area contributed by atoms with Crippen molar-refractivity contribution in [3.63, 3.8) is 0 Å². The summed E-state index contributed by atoms with van der Waals surface area (Å²) in [6.07, 6.45) is 0.449. The Morgan fingerprint density at radius 1 is 1.35 bits per heavy atom. The molecular weight excluding hydrogens is 297 g/mol. The molecule has 1 saturated heterocycles. The predicted molar refractivity (Wildman–Crippen MR) is 85.5 cm³/mol. The molecule has 0 spiro atoms. The Bertz CT molecular complexity index is 626. The molecule has 1 aliphatic heterocycles. The molecule has 126 valence electrons. The molecule has 1 heterocycles. The minimum Gasteiger partial charge on any atom is -0.481 e. The van der Waals surface area contributed by atoms with Crippen molar-refractivity contribution in [3.05, 3.63) is 35.6 Å². The summed E-state index contributed by atoms with van der Waals surface area (Å²) in [5, 5.41) is 9.60. The fraction of sp³-hybridized carbons (Fsp3) is 0.556. The number of carbonyl (C=O) groups excluding carboxylic acids is 1. The van der Waals surface area contributed by atoms with Gasteiger partial charge in [0.25, 0.3) is 0 Å². The summed E-state index contributed by atoms with van der Waals surface area (Å²) >= 11 is 0. The van der Waals surface area contributed by atoms with Crippen LogP contribution in [-0.2, 0) is 15.0 Å². The third kappa shape index (κ3) is 2.96. The largest absolute Gasteiger partial charge is 0.481 e. The number of likely N-dealkylation sites (tertiary alicyclic amines) is 1. The number of amides is 1. The van der Waals surface area contributed by atoms with E-state index in [1.54, 1.807) is 30.9 Å². The number of carboxylic acid groups (broad SMARTS) is 1. The van der Waals surface area contributed by atoms with Crippen molar-refractivity contribution < 1.29 is 19.1 Å². The predicted octanol–water partition coefficient (Wildman–Crippen LogP) is 3.06. The number of carbonyl (C=O) groups is 2. The maximum Gasteiger partial charge on any atom is 0.311 e. The zero-order valence-corrected chi connectivity index (χ0v) is 14.1. The number of halogens is 1. The van der Waals surface area contributed by atoms with Crippen molar-refractivity contribution in [3.8, 4) is 0 Å². The third-order valence-corrected chi connectivity index (χ3v) is 5.20. The van der Waals surface area contributed by atoms with E-state index in [1.165, 1.54) is 12.1 Å². The Balaban J connectivity index is 2.26. The average Bonchev–Trinajstić information content (AvgIpc) is 2.93. The summed E-state index contributed by atoms with van der Waals surface area (Å²) in [5.74, 6) is -1.46. The van der Waals surface area contributed by atoms with E-state index in [1.807, 2.05) is 13.8 Å². The number of rotatable bonds is 4. The maximum absolute atomic E-state index is 13.5. The highest BCUT2D eigenvalue weighted by Gasteiger charge is 2.50. The molecule has 23 heavy (non-hydrogen) atoms. The summed E-state index contributed by atoms with van der Waals surface area (Å²) < 4.78 is 13.5. The molecule has 0 aromatic heterocycles. The van der Waals surface area contributed by atoms with Crippen molar-refractivity contribution >= 4 is 11.9 Å². The molecule has 4 nitrogen and oxygen atoms in total. The van der Waals surface area contributed by atoms with Crippen LogP contribution in [0.1, 0.15) is 39.7 Å². The van der Waals surface area contributed by atoms with E-state index >= 15 is 0 Å². The molecule has 1 aromatic carbocycles. The topological polar surface area (TPSA) is 57.6 Å². The lowest BCUT2D eigenvalue weighted by Gasteiger charge is -2.32. The average molecular weight is 321 g/mol.